The van der Waals surface area contributed by atoms with Crippen LogP contribution in [-0.2, 0) is 17.5 Å². The number of alkyl halides is 3. The van der Waals surface area contributed by atoms with Crippen LogP contribution in [0.4, 0.5) is 18.9 Å². The van der Waals surface area contributed by atoms with E-state index in [1.54, 1.807) is 18.5 Å². The Morgan fingerprint density at radius 3 is 2.71 bits per heavy atom. The molecule has 1 aromatic carbocycles. The molecule has 0 aliphatic carbocycles. The molecular formula is C16H15ClF3N3O. The molecule has 1 heterocycles. The van der Waals surface area contributed by atoms with Gasteiger partial charge in [0.15, 0.2) is 0 Å². The van der Waals surface area contributed by atoms with Gasteiger partial charge in [0.25, 0.3) is 0 Å². The van der Waals surface area contributed by atoms with E-state index in [1.165, 1.54) is 6.07 Å². The van der Waals surface area contributed by atoms with Crippen LogP contribution in [0.5, 0.6) is 0 Å². The van der Waals surface area contributed by atoms with Crippen molar-refractivity contribution in [3.63, 3.8) is 0 Å². The molecule has 2 N–H and O–H groups in total. The Labute approximate surface area is 142 Å². The van der Waals surface area contributed by atoms with Crippen LogP contribution in [0.1, 0.15) is 17.5 Å². The van der Waals surface area contributed by atoms with Crippen LogP contribution in [0.15, 0.2) is 42.7 Å². The fourth-order valence-electron chi connectivity index (χ4n) is 1.94. The first kappa shape index (κ1) is 18.1. The number of halogens is 4. The van der Waals surface area contributed by atoms with E-state index in [0.29, 0.717) is 6.54 Å². The highest BCUT2D eigenvalue weighted by atomic mass is 35.5. The SMILES string of the molecule is O=C(CCNc1cc(C(F)(F)F)ccc1Cl)NCc1cccnc1. The van der Waals surface area contributed by atoms with Gasteiger partial charge in [0.1, 0.15) is 0 Å². The summed E-state index contributed by atoms with van der Waals surface area (Å²) >= 11 is 5.87. The summed E-state index contributed by atoms with van der Waals surface area (Å²) in [5, 5.41) is 5.62. The van der Waals surface area contributed by atoms with Gasteiger partial charge in [-0.3, -0.25) is 9.78 Å². The Morgan fingerprint density at radius 2 is 2.04 bits per heavy atom. The van der Waals surface area contributed by atoms with Crippen LogP contribution in [0.2, 0.25) is 5.02 Å². The molecule has 0 spiro atoms. The van der Waals surface area contributed by atoms with Crippen LogP contribution in [0, 0.1) is 0 Å². The minimum atomic E-state index is -4.44. The van der Waals surface area contributed by atoms with E-state index < -0.39 is 11.7 Å². The lowest BCUT2D eigenvalue weighted by atomic mass is 10.2. The largest absolute Gasteiger partial charge is 0.416 e. The molecule has 2 aromatic rings. The standard InChI is InChI=1S/C16H15ClF3N3O/c17-13-4-3-12(16(18,19)20)8-14(13)22-7-5-15(24)23-10-11-2-1-6-21-9-11/h1-4,6,8-9,22H,5,7,10H2,(H,23,24). The van der Waals surface area contributed by atoms with E-state index in [-0.39, 0.29) is 29.6 Å². The van der Waals surface area contributed by atoms with Crippen LogP contribution in [-0.4, -0.2) is 17.4 Å². The monoisotopic (exact) mass is 357 g/mol. The molecule has 128 valence electrons. The molecule has 24 heavy (non-hydrogen) atoms. The first-order valence-corrected chi connectivity index (χ1v) is 7.50. The minimum absolute atomic E-state index is 0.104. The third-order valence-electron chi connectivity index (χ3n) is 3.17. The van der Waals surface area contributed by atoms with Crippen molar-refractivity contribution < 1.29 is 18.0 Å². The quantitative estimate of drug-likeness (QED) is 0.825. The molecule has 8 heteroatoms. The van der Waals surface area contributed by atoms with Crippen LogP contribution < -0.4 is 10.6 Å². The van der Waals surface area contributed by atoms with Crippen LogP contribution in [0.25, 0.3) is 0 Å². The van der Waals surface area contributed by atoms with Gasteiger partial charge in [-0.1, -0.05) is 17.7 Å². The highest BCUT2D eigenvalue weighted by molar-refractivity contribution is 6.33. The van der Waals surface area contributed by atoms with E-state index in [4.69, 9.17) is 11.6 Å². The lowest BCUT2D eigenvalue weighted by Gasteiger charge is -2.12. The van der Waals surface area contributed by atoms with Gasteiger partial charge in [0.05, 0.1) is 16.3 Å². The molecule has 0 saturated heterocycles. The highest BCUT2D eigenvalue weighted by Gasteiger charge is 2.30. The number of hydrogen-bond acceptors (Lipinski definition) is 3. The zero-order chi connectivity index (χ0) is 17.6. The number of aromatic nitrogens is 1. The van der Waals surface area contributed by atoms with Gasteiger partial charge >= 0.3 is 6.18 Å². The molecule has 0 saturated carbocycles. The second kappa shape index (κ2) is 8.01. The van der Waals surface area contributed by atoms with Crippen LogP contribution in [0.3, 0.4) is 0 Å². The molecule has 1 aromatic heterocycles. The lowest BCUT2D eigenvalue weighted by Crippen LogP contribution is -2.25. The van der Waals surface area contributed by atoms with Crippen molar-refractivity contribution in [2.45, 2.75) is 19.1 Å². The van der Waals surface area contributed by atoms with E-state index >= 15 is 0 Å². The smallest absolute Gasteiger partial charge is 0.383 e. The predicted octanol–water partition coefficient (Wildman–Crippen LogP) is 3.87. The summed E-state index contributed by atoms with van der Waals surface area (Å²) in [5.41, 5.74) is 0.210. The van der Waals surface area contributed by atoms with Gasteiger partial charge < -0.3 is 10.6 Å². The van der Waals surface area contributed by atoms with Crippen molar-refractivity contribution in [2.75, 3.05) is 11.9 Å². The van der Waals surface area contributed by atoms with Gasteiger partial charge in [0, 0.05) is 31.9 Å². The molecule has 0 radical (unpaired) electrons. The molecule has 0 bridgehead atoms. The predicted molar refractivity (Wildman–Crippen MR) is 85.6 cm³/mol. The number of carbonyl (C=O) groups is 1. The molecule has 0 atom stereocenters. The summed E-state index contributed by atoms with van der Waals surface area (Å²) < 4.78 is 38.0. The summed E-state index contributed by atoms with van der Waals surface area (Å²) in [6.45, 7) is 0.511. The topological polar surface area (TPSA) is 54.0 Å². The Bertz CT molecular complexity index is 693. The number of nitrogens with zero attached hydrogens (tertiary/aromatic N) is 1. The molecule has 1 amide bonds. The molecule has 0 fully saturated rings. The Balaban J connectivity index is 1.82. The number of pyridine rings is 1. The summed E-state index contributed by atoms with van der Waals surface area (Å²) in [6, 6.07) is 6.60. The van der Waals surface area contributed by atoms with Gasteiger partial charge in [-0.2, -0.15) is 13.2 Å². The number of anilines is 1. The Kier molecular flexibility index (Phi) is 6.03. The molecule has 0 unspecified atom stereocenters. The molecule has 4 nitrogen and oxygen atoms in total. The Morgan fingerprint density at radius 1 is 1.25 bits per heavy atom. The molecule has 0 aliphatic heterocycles. The van der Waals surface area contributed by atoms with E-state index in [1.807, 2.05) is 6.07 Å². The first-order valence-electron chi connectivity index (χ1n) is 7.12. The van der Waals surface area contributed by atoms with Gasteiger partial charge in [-0.25, -0.2) is 0 Å². The van der Waals surface area contributed by atoms with Crippen molar-refractivity contribution in [3.05, 3.63) is 58.9 Å². The summed E-state index contributed by atoms with van der Waals surface area (Å²) in [6.07, 6.45) is -1.07. The number of amides is 1. The number of benzene rings is 1. The van der Waals surface area contributed by atoms with Crippen molar-refractivity contribution in [1.82, 2.24) is 10.3 Å². The summed E-state index contributed by atoms with van der Waals surface area (Å²) in [4.78, 5) is 15.7. The lowest BCUT2D eigenvalue weighted by molar-refractivity contribution is -0.137. The van der Waals surface area contributed by atoms with Gasteiger partial charge in [0.2, 0.25) is 5.91 Å². The second-order valence-corrected chi connectivity index (χ2v) is 5.41. The molecule has 0 aliphatic rings. The van der Waals surface area contributed by atoms with E-state index in [9.17, 15) is 18.0 Å². The fraction of sp³-hybridized carbons (Fsp3) is 0.250. The average Bonchev–Trinajstić information content (AvgIpc) is 2.54. The maximum atomic E-state index is 12.7. The van der Waals surface area contributed by atoms with Crippen molar-refractivity contribution >= 4 is 23.2 Å². The minimum Gasteiger partial charge on any atom is -0.383 e. The van der Waals surface area contributed by atoms with E-state index in [0.717, 1.165) is 17.7 Å². The van der Waals surface area contributed by atoms with Crippen LogP contribution >= 0.6 is 11.6 Å². The number of rotatable bonds is 6. The zero-order valence-corrected chi connectivity index (χ0v) is 13.3. The number of hydrogen-bond donors (Lipinski definition) is 2. The third-order valence-corrected chi connectivity index (χ3v) is 3.50. The third kappa shape index (κ3) is 5.42. The second-order valence-electron chi connectivity index (χ2n) is 5.01. The molecule has 2 rings (SSSR count). The van der Waals surface area contributed by atoms with Gasteiger partial charge in [-0.05, 0) is 29.8 Å². The number of nitrogens with one attached hydrogen (secondary N) is 2. The highest BCUT2D eigenvalue weighted by Crippen LogP contribution is 2.33. The normalized spacial score (nSPS) is 11.2. The molecular weight excluding hydrogens is 343 g/mol. The van der Waals surface area contributed by atoms with Crippen molar-refractivity contribution in [1.29, 1.82) is 0 Å². The number of carbonyl (C=O) groups excluding carboxylic acids is 1. The average molecular weight is 358 g/mol. The van der Waals surface area contributed by atoms with Crippen molar-refractivity contribution in [3.8, 4) is 0 Å². The maximum absolute atomic E-state index is 12.7. The van der Waals surface area contributed by atoms with Crippen molar-refractivity contribution in [2.24, 2.45) is 0 Å². The Hall–Kier alpha value is -2.28. The fourth-order valence-corrected chi connectivity index (χ4v) is 2.12. The van der Waals surface area contributed by atoms with Gasteiger partial charge in [-0.15, -0.1) is 0 Å². The first-order chi connectivity index (χ1) is 11.4. The zero-order valence-electron chi connectivity index (χ0n) is 12.5. The summed E-state index contributed by atoms with van der Waals surface area (Å²) in [7, 11) is 0. The van der Waals surface area contributed by atoms with E-state index in [2.05, 4.69) is 15.6 Å². The summed E-state index contributed by atoms with van der Waals surface area (Å²) in [5.74, 6) is -0.227. The maximum Gasteiger partial charge on any atom is 0.416 e.